The number of benzene rings is 1. The largest absolute Gasteiger partial charge is 0.385 e. The van der Waals surface area contributed by atoms with Crippen molar-refractivity contribution in [3.63, 3.8) is 0 Å². The molecule has 0 spiro atoms. The third-order valence-corrected chi connectivity index (χ3v) is 4.06. The number of rotatable bonds is 5. The molecule has 16 heavy (non-hydrogen) atoms. The first-order valence-corrected chi connectivity index (χ1v) is 7.17. The quantitative estimate of drug-likeness (QED) is 0.861. The van der Waals surface area contributed by atoms with E-state index in [1.807, 2.05) is 12.1 Å². The van der Waals surface area contributed by atoms with E-state index in [2.05, 4.69) is 19.2 Å². The molecule has 0 heterocycles. The zero-order valence-corrected chi connectivity index (χ0v) is 10.8. The van der Waals surface area contributed by atoms with E-state index in [1.165, 1.54) is 0 Å². The van der Waals surface area contributed by atoms with E-state index in [9.17, 15) is 8.42 Å². The maximum atomic E-state index is 11.6. The normalized spacial score (nSPS) is 11.8. The molecular weight excluding hydrogens is 222 g/mol. The van der Waals surface area contributed by atoms with Crippen molar-refractivity contribution in [1.29, 1.82) is 0 Å². The van der Waals surface area contributed by atoms with Crippen LogP contribution in [0.3, 0.4) is 0 Å². The lowest BCUT2D eigenvalue weighted by molar-refractivity contribution is 0.597. The highest BCUT2D eigenvalue weighted by atomic mass is 32.2. The van der Waals surface area contributed by atoms with Gasteiger partial charge in [0.25, 0.3) is 0 Å². The summed E-state index contributed by atoms with van der Waals surface area (Å²) in [6.07, 6.45) is 0. The van der Waals surface area contributed by atoms with E-state index < -0.39 is 9.84 Å². The van der Waals surface area contributed by atoms with Crippen molar-refractivity contribution in [3.8, 4) is 0 Å². The third-order valence-electron chi connectivity index (χ3n) is 2.31. The monoisotopic (exact) mass is 241 g/mol. The van der Waals surface area contributed by atoms with Crippen LogP contribution in [-0.2, 0) is 9.84 Å². The first-order valence-electron chi connectivity index (χ1n) is 5.52. The molecule has 1 aromatic carbocycles. The highest BCUT2D eigenvalue weighted by Crippen LogP contribution is 2.15. The number of nitrogens with one attached hydrogen (secondary N) is 1. The maximum absolute atomic E-state index is 11.6. The van der Waals surface area contributed by atoms with Crippen molar-refractivity contribution in [2.24, 2.45) is 5.92 Å². The van der Waals surface area contributed by atoms with Crippen LogP contribution in [0.4, 0.5) is 5.69 Å². The van der Waals surface area contributed by atoms with Crippen molar-refractivity contribution in [3.05, 3.63) is 24.3 Å². The average Bonchev–Trinajstić information content (AvgIpc) is 2.27. The first kappa shape index (κ1) is 13.0. The summed E-state index contributed by atoms with van der Waals surface area (Å²) in [5.74, 6) is 0.713. The van der Waals surface area contributed by atoms with Gasteiger partial charge in [0.05, 0.1) is 10.6 Å². The van der Waals surface area contributed by atoms with Crippen LogP contribution in [0.5, 0.6) is 0 Å². The molecule has 3 nitrogen and oxygen atoms in total. The lowest BCUT2D eigenvalue weighted by Crippen LogP contribution is -2.08. The summed E-state index contributed by atoms with van der Waals surface area (Å²) in [6.45, 7) is 6.80. The first-order chi connectivity index (χ1) is 7.45. The van der Waals surface area contributed by atoms with E-state index in [1.54, 1.807) is 19.1 Å². The van der Waals surface area contributed by atoms with Crippen molar-refractivity contribution in [2.45, 2.75) is 25.7 Å². The number of hydrogen-bond acceptors (Lipinski definition) is 3. The van der Waals surface area contributed by atoms with E-state index in [4.69, 9.17) is 0 Å². The Morgan fingerprint density at radius 3 is 2.19 bits per heavy atom. The molecule has 1 N–H and O–H groups in total. The summed E-state index contributed by atoms with van der Waals surface area (Å²) in [5, 5.41) is 3.25. The van der Waals surface area contributed by atoms with Gasteiger partial charge in [-0.3, -0.25) is 0 Å². The Morgan fingerprint density at radius 1 is 1.19 bits per heavy atom. The molecule has 1 aromatic rings. The van der Waals surface area contributed by atoms with Crippen LogP contribution >= 0.6 is 0 Å². The van der Waals surface area contributed by atoms with Gasteiger partial charge in [0.2, 0.25) is 0 Å². The van der Waals surface area contributed by atoms with Crippen LogP contribution < -0.4 is 5.32 Å². The van der Waals surface area contributed by atoms with Crippen molar-refractivity contribution in [2.75, 3.05) is 17.6 Å². The van der Waals surface area contributed by atoms with Gasteiger partial charge in [0.1, 0.15) is 0 Å². The fraction of sp³-hybridized carbons (Fsp3) is 0.500. The molecule has 0 aromatic heterocycles. The van der Waals surface area contributed by atoms with Gasteiger partial charge in [0, 0.05) is 12.2 Å². The molecule has 0 fully saturated rings. The highest BCUT2D eigenvalue weighted by Gasteiger charge is 2.10. The predicted molar refractivity (Wildman–Crippen MR) is 67.5 cm³/mol. The number of hydrogen-bond donors (Lipinski definition) is 1. The molecule has 90 valence electrons. The Bertz CT molecular complexity index is 421. The lowest BCUT2D eigenvalue weighted by Gasteiger charge is -2.09. The van der Waals surface area contributed by atoms with Crippen molar-refractivity contribution >= 4 is 15.5 Å². The molecule has 0 aliphatic heterocycles. The highest BCUT2D eigenvalue weighted by molar-refractivity contribution is 7.91. The summed E-state index contributed by atoms with van der Waals surface area (Å²) in [6, 6.07) is 6.93. The molecule has 0 atom stereocenters. The van der Waals surface area contributed by atoms with E-state index in [-0.39, 0.29) is 5.75 Å². The maximum Gasteiger partial charge on any atom is 0.178 e. The summed E-state index contributed by atoms with van der Waals surface area (Å²) in [7, 11) is -3.07. The Hall–Kier alpha value is -1.03. The summed E-state index contributed by atoms with van der Waals surface area (Å²) >= 11 is 0. The van der Waals surface area contributed by atoms with Crippen LogP contribution in [0, 0.1) is 5.92 Å². The second-order valence-corrected chi connectivity index (χ2v) is 6.48. The van der Waals surface area contributed by atoms with Gasteiger partial charge in [-0.2, -0.15) is 0 Å². The van der Waals surface area contributed by atoms with Gasteiger partial charge in [-0.15, -0.1) is 0 Å². The fourth-order valence-corrected chi connectivity index (χ4v) is 2.15. The second kappa shape index (κ2) is 5.34. The zero-order chi connectivity index (χ0) is 12.2. The molecule has 0 aliphatic carbocycles. The Balaban J connectivity index is 2.76. The lowest BCUT2D eigenvalue weighted by atomic mass is 10.2. The van der Waals surface area contributed by atoms with Gasteiger partial charge in [0.15, 0.2) is 9.84 Å². The predicted octanol–water partition coefficient (Wildman–Crippen LogP) is 2.55. The Labute approximate surface area is 97.8 Å². The summed E-state index contributed by atoms with van der Waals surface area (Å²) < 4.78 is 23.1. The molecule has 0 saturated heterocycles. The van der Waals surface area contributed by atoms with E-state index >= 15 is 0 Å². The smallest absolute Gasteiger partial charge is 0.178 e. The van der Waals surface area contributed by atoms with Gasteiger partial charge < -0.3 is 5.32 Å². The zero-order valence-electron chi connectivity index (χ0n) is 10.0. The van der Waals surface area contributed by atoms with Crippen LogP contribution in [0.15, 0.2) is 29.2 Å². The molecule has 0 radical (unpaired) electrons. The number of anilines is 1. The second-order valence-electron chi connectivity index (χ2n) is 4.20. The summed E-state index contributed by atoms with van der Waals surface area (Å²) in [5.41, 5.74) is 0.962. The fourth-order valence-electron chi connectivity index (χ4n) is 1.27. The van der Waals surface area contributed by atoms with E-state index in [0.29, 0.717) is 10.8 Å². The Kier molecular flexibility index (Phi) is 4.35. The average molecular weight is 241 g/mol. The minimum atomic E-state index is -3.07. The van der Waals surface area contributed by atoms with Gasteiger partial charge >= 0.3 is 0 Å². The molecule has 1 rings (SSSR count). The number of sulfone groups is 1. The molecule has 0 amide bonds. The van der Waals surface area contributed by atoms with Gasteiger partial charge in [-0.05, 0) is 30.2 Å². The van der Waals surface area contributed by atoms with Crippen LogP contribution in [0.25, 0.3) is 0 Å². The molecule has 0 bridgehead atoms. The summed E-state index contributed by atoms with van der Waals surface area (Å²) in [4.78, 5) is 0.394. The van der Waals surface area contributed by atoms with Crippen molar-refractivity contribution in [1.82, 2.24) is 0 Å². The molecule has 0 aliphatic rings. The molecular formula is C12H19NO2S. The topological polar surface area (TPSA) is 46.2 Å². The van der Waals surface area contributed by atoms with Crippen LogP contribution in [-0.4, -0.2) is 20.7 Å². The van der Waals surface area contributed by atoms with Crippen LogP contribution in [0.2, 0.25) is 0 Å². The molecule has 0 saturated carbocycles. The molecule has 4 heteroatoms. The van der Waals surface area contributed by atoms with Crippen LogP contribution in [0.1, 0.15) is 20.8 Å². The molecule has 0 unspecified atom stereocenters. The minimum absolute atomic E-state index is 0.145. The SMILES string of the molecule is CCS(=O)(=O)c1ccc(NCC(C)C)cc1. The van der Waals surface area contributed by atoms with Crippen molar-refractivity contribution < 1.29 is 8.42 Å². The Morgan fingerprint density at radius 2 is 1.75 bits per heavy atom. The van der Waals surface area contributed by atoms with Gasteiger partial charge in [-0.25, -0.2) is 8.42 Å². The third kappa shape index (κ3) is 3.52. The van der Waals surface area contributed by atoms with Gasteiger partial charge in [-0.1, -0.05) is 20.8 Å². The van der Waals surface area contributed by atoms with E-state index in [0.717, 1.165) is 12.2 Å². The standard InChI is InChI=1S/C12H19NO2S/c1-4-16(14,15)12-7-5-11(6-8-12)13-9-10(2)3/h5-8,10,13H,4,9H2,1-3H3. The minimum Gasteiger partial charge on any atom is -0.385 e.